The van der Waals surface area contributed by atoms with E-state index in [1.54, 1.807) is 4.90 Å². The average Bonchev–Trinajstić information content (AvgIpc) is 2.34. The van der Waals surface area contributed by atoms with Crippen molar-refractivity contribution < 1.29 is 9.18 Å². The normalized spacial score (nSPS) is 16.9. The maximum Gasteiger partial charge on any atom is 0.227 e. The summed E-state index contributed by atoms with van der Waals surface area (Å²) in [4.78, 5) is 13.6. The predicted molar refractivity (Wildman–Crippen MR) is 66.6 cm³/mol. The summed E-state index contributed by atoms with van der Waals surface area (Å²) in [6.45, 7) is 0.566. The first-order valence-corrected chi connectivity index (χ1v) is 6.22. The van der Waals surface area contributed by atoms with Crippen LogP contribution in [-0.2, 0) is 4.79 Å². The monoisotopic (exact) mass is 246 g/mol. The summed E-state index contributed by atoms with van der Waals surface area (Å²) in [7, 11) is 0. The van der Waals surface area contributed by atoms with Gasteiger partial charge >= 0.3 is 0 Å². The van der Waals surface area contributed by atoms with Crippen LogP contribution in [0.25, 0.3) is 0 Å². The van der Waals surface area contributed by atoms with Gasteiger partial charge in [-0.3, -0.25) is 4.79 Å². The Balaban J connectivity index is 2.35. The van der Waals surface area contributed by atoms with E-state index in [1.807, 2.05) is 6.07 Å². The van der Waals surface area contributed by atoms with Gasteiger partial charge < -0.3 is 4.90 Å². The molecule has 0 bridgehead atoms. The van der Waals surface area contributed by atoms with E-state index < -0.39 is 5.82 Å². The lowest BCUT2D eigenvalue weighted by Crippen LogP contribution is -2.33. The van der Waals surface area contributed by atoms with E-state index in [0.717, 1.165) is 25.7 Å². The molecule has 1 saturated heterocycles. The number of carbonyl (C=O) groups excluding carboxylic acids is 1. The van der Waals surface area contributed by atoms with Crippen LogP contribution in [0, 0.1) is 17.1 Å². The molecule has 4 heteroatoms. The first kappa shape index (κ1) is 12.6. The van der Waals surface area contributed by atoms with Crippen LogP contribution in [0.5, 0.6) is 0 Å². The Kier molecular flexibility index (Phi) is 3.93. The molecule has 0 spiro atoms. The van der Waals surface area contributed by atoms with E-state index in [2.05, 4.69) is 0 Å². The number of amides is 1. The smallest absolute Gasteiger partial charge is 0.227 e. The van der Waals surface area contributed by atoms with E-state index in [4.69, 9.17) is 5.26 Å². The molecule has 0 radical (unpaired) electrons. The minimum atomic E-state index is -0.418. The third kappa shape index (κ3) is 2.67. The molecule has 1 amide bonds. The van der Waals surface area contributed by atoms with Gasteiger partial charge in [-0.15, -0.1) is 0 Å². The molecule has 1 aliphatic heterocycles. The molecule has 94 valence electrons. The van der Waals surface area contributed by atoms with Gasteiger partial charge in [0.15, 0.2) is 0 Å². The molecule has 1 aromatic rings. The molecule has 0 atom stereocenters. The van der Waals surface area contributed by atoms with E-state index in [1.165, 1.54) is 18.2 Å². The van der Waals surface area contributed by atoms with Crippen LogP contribution in [0.15, 0.2) is 18.2 Å². The lowest BCUT2D eigenvalue weighted by atomic mass is 10.1. The van der Waals surface area contributed by atoms with Gasteiger partial charge in [0, 0.05) is 13.0 Å². The Labute approximate surface area is 106 Å². The second-order valence-electron chi connectivity index (χ2n) is 4.48. The largest absolute Gasteiger partial charge is 0.311 e. The van der Waals surface area contributed by atoms with Crippen LogP contribution >= 0.6 is 0 Å². The number of carbonyl (C=O) groups is 1. The van der Waals surface area contributed by atoms with Crippen molar-refractivity contribution in [2.24, 2.45) is 0 Å². The fourth-order valence-electron chi connectivity index (χ4n) is 2.24. The van der Waals surface area contributed by atoms with Crippen molar-refractivity contribution in [3.8, 4) is 6.07 Å². The summed E-state index contributed by atoms with van der Waals surface area (Å²) >= 11 is 0. The van der Waals surface area contributed by atoms with Crippen molar-refractivity contribution in [2.75, 3.05) is 11.4 Å². The fraction of sp³-hybridized carbons (Fsp3) is 0.429. The predicted octanol–water partition coefficient (Wildman–Crippen LogP) is 2.99. The lowest BCUT2D eigenvalue weighted by Gasteiger charge is -2.25. The number of halogens is 1. The summed E-state index contributed by atoms with van der Waals surface area (Å²) in [5.74, 6) is -0.435. The number of rotatable bonds is 1. The Morgan fingerprint density at radius 1 is 1.22 bits per heavy atom. The van der Waals surface area contributed by atoms with Crippen molar-refractivity contribution in [1.82, 2.24) is 0 Å². The number of hydrogen-bond acceptors (Lipinski definition) is 2. The standard InChI is InChI=1S/C14H15FN2O/c15-12-7-6-11(10-16)13(9-12)17-8-4-2-1-3-5-14(17)18/h6-7,9H,1-5,8H2. The van der Waals surface area contributed by atoms with Gasteiger partial charge in [0.2, 0.25) is 5.91 Å². The van der Waals surface area contributed by atoms with Crippen molar-refractivity contribution in [1.29, 1.82) is 5.26 Å². The maximum atomic E-state index is 13.3. The molecule has 0 aromatic heterocycles. The lowest BCUT2D eigenvalue weighted by molar-refractivity contribution is -0.118. The molecule has 3 nitrogen and oxygen atoms in total. The minimum absolute atomic E-state index is 0.0169. The Hall–Kier alpha value is -1.89. The van der Waals surface area contributed by atoms with Gasteiger partial charge in [-0.1, -0.05) is 12.8 Å². The van der Waals surface area contributed by atoms with Crippen molar-refractivity contribution >= 4 is 11.6 Å². The Morgan fingerprint density at radius 2 is 2.00 bits per heavy atom. The molecule has 0 saturated carbocycles. The third-order valence-corrected chi connectivity index (χ3v) is 3.19. The molecule has 1 aromatic carbocycles. The highest BCUT2D eigenvalue weighted by Crippen LogP contribution is 2.24. The third-order valence-electron chi connectivity index (χ3n) is 3.19. The summed E-state index contributed by atoms with van der Waals surface area (Å²) < 4.78 is 13.3. The second-order valence-corrected chi connectivity index (χ2v) is 4.48. The highest BCUT2D eigenvalue weighted by molar-refractivity contribution is 5.94. The topological polar surface area (TPSA) is 44.1 Å². The zero-order valence-electron chi connectivity index (χ0n) is 10.2. The summed E-state index contributed by atoms with van der Waals surface area (Å²) in [6.07, 6.45) is 4.37. The SMILES string of the molecule is N#Cc1ccc(F)cc1N1CCCCCCC1=O. The number of anilines is 1. The molecule has 0 aliphatic carbocycles. The van der Waals surface area contributed by atoms with Gasteiger partial charge in [-0.25, -0.2) is 4.39 Å². The molecule has 0 unspecified atom stereocenters. The Morgan fingerprint density at radius 3 is 2.78 bits per heavy atom. The van der Waals surface area contributed by atoms with Crippen molar-refractivity contribution in [3.63, 3.8) is 0 Å². The number of nitrogens with zero attached hydrogens (tertiary/aromatic N) is 2. The van der Waals surface area contributed by atoms with Gasteiger partial charge in [-0.2, -0.15) is 5.26 Å². The van der Waals surface area contributed by atoms with Crippen LogP contribution in [0.3, 0.4) is 0 Å². The summed E-state index contributed by atoms with van der Waals surface area (Å²) in [6, 6.07) is 5.97. The van der Waals surface area contributed by atoms with E-state index in [9.17, 15) is 9.18 Å². The zero-order chi connectivity index (χ0) is 13.0. The highest BCUT2D eigenvalue weighted by Gasteiger charge is 2.20. The van der Waals surface area contributed by atoms with E-state index in [0.29, 0.717) is 24.2 Å². The van der Waals surface area contributed by atoms with Crippen LogP contribution in [0.4, 0.5) is 10.1 Å². The van der Waals surface area contributed by atoms with Crippen LogP contribution in [-0.4, -0.2) is 12.5 Å². The summed E-state index contributed by atoms with van der Waals surface area (Å²) in [5.41, 5.74) is 0.759. The zero-order valence-corrected chi connectivity index (χ0v) is 10.2. The first-order chi connectivity index (χ1) is 8.72. The first-order valence-electron chi connectivity index (χ1n) is 6.22. The van der Waals surface area contributed by atoms with Crippen LogP contribution in [0.1, 0.15) is 37.7 Å². The summed E-state index contributed by atoms with van der Waals surface area (Å²) in [5, 5.41) is 9.04. The van der Waals surface area contributed by atoms with Gasteiger partial charge in [0.05, 0.1) is 11.3 Å². The van der Waals surface area contributed by atoms with Crippen LogP contribution in [0.2, 0.25) is 0 Å². The fourth-order valence-corrected chi connectivity index (χ4v) is 2.24. The quantitative estimate of drug-likeness (QED) is 0.764. The Bertz CT molecular complexity index is 493. The van der Waals surface area contributed by atoms with Crippen LogP contribution < -0.4 is 4.90 Å². The molecular weight excluding hydrogens is 231 g/mol. The highest BCUT2D eigenvalue weighted by atomic mass is 19.1. The van der Waals surface area contributed by atoms with Gasteiger partial charge in [0.25, 0.3) is 0 Å². The molecule has 0 N–H and O–H groups in total. The van der Waals surface area contributed by atoms with Gasteiger partial charge in [-0.05, 0) is 31.0 Å². The van der Waals surface area contributed by atoms with E-state index >= 15 is 0 Å². The molecular formula is C14H15FN2O. The number of hydrogen-bond donors (Lipinski definition) is 0. The second kappa shape index (κ2) is 5.63. The van der Waals surface area contributed by atoms with E-state index in [-0.39, 0.29) is 5.91 Å². The number of benzene rings is 1. The minimum Gasteiger partial charge on any atom is -0.311 e. The average molecular weight is 246 g/mol. The maximum absolute atomic E-state index is 13.3. The molecule has 18 heavy (non-hydrogen) atoms. The molecule has 1 heterocycles. The number of nitriles is 1. The molecule has 1 fully saturated rings. The van der Waals surface area contributed by atoms with Gasteiger partial charge in [0.1, 0.15) is 11.9 Å². The van der Waals surface area contributed by atoms with Crippen molar-refractivity contribution in [2.45, 2.75) is 32.1 Å². The molecule has 2 rings (SSSR count). The molecule has 1 aliphatic rings. The van der Waals surface area contributed by atoms with Crippen molar-refractivity contribution in [3.05, 3.63) is 29.6 Å².